The Morgan fingerprint density at radius 3 is 2.24 bits per heavy atom. The predicted octanol–water partition coefficient (Wildman–Crippen LogP) is 3.46. The van der Waals surface area contributed by atoms with Crippen molar-refractivity contribution in [3.8, 4) is 11.5 Å². The van der Waals surface area contributed by atoms with Crippen molar-refractivity contribution >= 4 is 5.69 Å². The average Bonchev–Trinajstić information content (AvgIpc) is 2.77. The third-order valence-corrected chi connectivity index (χ3v) is 2.50. The molecule has 1 heterocycles. The Bertz CT molecular complexity index is 606. The van der Waals surface area contributed by atoms with Crippen LogP contribution in [0.1, 0.15) is 0 Å². The van der Waals surface area contributed by atoms with Gasteiger partial charge in [0.05, 0.1) is 12.4 Å². The van der Waals surface area contributed by atoms with Crippen molar-refractivity contribution in [1.29, 1.82) is 0 Å². The Hall–Kier alpha value is -2.32. The largest absolute Gasteiger partial charge is 0.455 e. The Morgan fingerprint density at radius 2 is 1.67 bits per heavy atom. The SMILES string of the molecule is Nc1ccc(Oc2cnn(CC(F)(F)C(F)(F)F)c2)cc1. The normalized spacial score (nSPS) is 12.4. The zero-order valence-electron chi connectivity index (χ0n) is 10.4. The van der Waals surface area contributed by atoms with Gasteiger partial charge in [0.25, 0.3) is 0 Å². The van der Waals surface area contributed by atoms with E-state index >= 15 is 0 Å². The van der Waals surface area contributed by atoms with E-state index in [0.29, 0.717) is 16.1 Å². The summed E-state index contributed by atoms with van der Waals surface area (Å²) in [5, 5.41) is 3.42. The highest BCUT2D eigenvalue weighted by Gasteiger charge is 2.57. The quantitative estimate of drug-likeness (QED) is 0.695. The van der Waals surface area contributed by atoms with Crippen molar-refractivity contribution < 1.29 is 26.7 Å². The Morgan fingerprint density at radius 1 is 1.05 bits per heavy atom. The first-order valence-electron chi connectivity index (χ1n) is 5.68. The second-order valence-electron chi connectivity index (χ2n) is 4.25. The minimum absolute atomic E-state index is 0.0396. The molecule has 1 aromatic heterocycles. The number of nitrogens with two attached hydrogens (primary N) is 1. The van der Waals surface area contributed by atoms with Crippen molar-refractivity contribution in [2.75, 3.05) is 5.73 Å². The van der Waals surface area contributed by atoms with Crippen LogP contribution in [0.3, 0.4) is 0 Å². The van der Waals surface area contributed by atoms with Crippen LogP contribution in [0.15, 0.2) is 36.7 Å². The lowest BCUT2D eigenvalue weighted by Gasteiger charge is -2.19. The van der Waals surface area contributed by atoms with Gasteiger partial charge in [-0.05, 0) is 24.3 Å². The average molecular weight is 307 g/mol. The van der Waals surface area contributed by atoms with E-state index < -0.39 is 18.6 Å². The minimum atomic E-state index is -5.63. The number of benzene rings is 1. The number of anilines is 1. The second kappa shape index (κ2) is 5.23. The van der Waals surface area contributed by atoms with Gasteiger partial charge in [0.15, 0.2) is 5.75 Å². The molecule has 0 saturated heterocycles. The topological polar surface area (TPSA) is 53.1 Å². The number of nitrogens with zero attached hydrogens (tertiary/aromatic N) is 2. The summed E-state index contributed by atoms with van der Waals surface area (Å²) in [5.74, 6) is -4.47. The van der Waals surface area contributed by atoms with E-state index in [1.807, 2.05) is 0 Å². The molecule has 0 unspecified atom stereocenters. The number of hydrogen-bond donors (Lipinski definition) is 1. The molecule has 0 radical (unpaired) electrons. The Kier molecular flexibility index (Phi) is 3.75. The molecule has 0 aliphatic rings. The lowest BCUT2D eigenvalue weighted by molar-refractivity contribution is -0.287. The van der Waals surface area contributed by atoms with Crippen LogP contribution >= 0.6 is 0 Å². The molecule has 0 aliphatic heterocycles. The highest BCUT2D eigenvalue weighted by atomic mass is 19.4. The maximum Gasteiger partial charge on any atom is 0.455 e. The van der Waals surface area contributed by atoms with Crippen LogP contribution in [0.5, 0.6) is 11.5 Å². The van der Waals surface area contributed by atoms with E-state index in [1.165, 1.54) is 12.1 Å². The Labute approximate surface area is 115 Å². The molecule has 21 heavy (non-hydrogen) atoms. The third kappa shape index (κ3) is 3.61. The molecule has 1 aromatic carbocycles. The van der Waals surface area contributed by atoms with Gasteiger partial charge in [0.2, 0.25) is 0 Å². The fourth-order valence-electron chi connectivity index (χ4n) is 1.45. The molecule has 0 bridgehead atoms. The van der Waals surface area contributed by atoms with Gasteiger partial charge in [-0.2, -0.15) is 27.1 Å². The van der Waals surface area contributed by atoms with Crippen LogP contribution < -0.4 is 10.5 Å². The molecule has 0 spiro atoms. The van der Waals surface area contributed by atoms with Crippen LogP contribution in [-0.4, -0.2) is 21.9 Å². The van der Waals surface area contributed by atoms with Crippen LogP contribution in [0.2, 0.25) is 0 Å². The van der Waals surface area contributed by atoms with Crippen LogP contribution in [0.25, 0.3) is 0 Å². The van der Waals surface area contributed by atoms with E-state index in [0.717, 1.165) is 12.4 Å². The van der Waals surface area contributed by atoms with Crippen molar-refractivity contribution in [3.05, 3.63) is 36.7 Å². The molecule has 0 fully saturated rings. The second-order valence-corrected chi connectivity index (χ2v) is 4.25. The van der Waals surface area contributed by atoms with Crippen LogP contribution in [0, 0.1) is 0 Å². The molecular weight excluding hydrogens is 297 g/mol. The van der Waals surface area contributed by atoms with Gasteiger partial charge in [-0.3, -0.25) is 4.68 Å². The fraction of sp³-hybridized carbons (Fsp3) is 0.250. The molecule has 9 heteroatoms. The first kappa shape index (κ1) is 15.1. The highest BCUT2D eigenvalue weighted by molar-refractivity contribution is 5.42. The first-order chi connectivity index (χ1) is 9.67. The van der Waals surface area contributed by atoms with Gasteiger partial charge in [-0.1, -0.05) is 0 Å². The van der Waals surface area contributed by atoms with Crippen molar-refractivity contribution in [1.82, 2.24) is 9.78 Å². The molecule has 4 nitrogen and oxygen atoms in total. The molecule has 2 aromatic rings. The van der Waals surface area contributed by atoms with E-state index in [-0.39, 0.29) is 5.75 Å². The van der Waals surface area contributed by atoms with E-state index in [1.54, 1.807) is 12.1 Å². The smallest absolute Gasteiger partial charge is 0.454 e. The molecule has 0 saturated carbocycles. The summed E-state index contributed by atoms with van der Waals surface area (Å²) in [4.78, 5) is 0. The summed E-state index contributed by atoms with van der Waals surface area (Å²) in [6.07, 6.45) is -3.63. The molecule has 2 rings (SSSR count). The standard InChI is InChI=1S/C12H10F5N3O/c13-11(14,12(15,16)17)7-20-6-10(5-19-20)21-9-3-1-8(18)2-4-9/h1-6H,7,18H2. The number of aromatic nitrogens is 2. The number of nitrogen functional groups attached to an aromatic ring is 1. The minimum Gasteiger partial charge on any atom is -0.454 e. The maximum atomic E-state index is 12.9. The van der Waals surface area contributed by atoms with Crippen molar-refractivity contribution in [2.45, 2.75) is 18.6 Å². The number of ether oxygens (including phenoxy) is 1. The molecular formula is C12H10F5N3O. The molecule has 0 aliphatic carbocycles. The summed E-state index contributed by atoms with van der Waals surface area (Å²) in [6, 6.07) is 6.16. The number of alkyl halides is 5. The molecule has 0 amide bonds. The van der Waals surface area contributed by atoms with Gasteiger partial charge in [-0.25, -0.2) is 0 Å². The molecule has 0 atom stereocenters. The lowest BCUT2D eigenvalue weighted by Crippen LogP contribution is -2.40. The highest BCUT2D eigenvalue weighted by Crippen LogP contribution is 2.36. The van der Waals surface area contributed by atoms with E-state index in [9.17, 15) is 22.0 Å². The van der Waals surface area contributed by atoms with Crippen LogP contribution in [0.4, 0.5) is 27.6 Å². The van der Waals surface area contributed by atoms with Crippen molar-refractivity contribution in [2.24, 2.45) is 0 Å². The van der Waals surface area contributed by atoms with E-state index in [2.05, 4.69) is 5.10 Å². The summed E-state index contributed by atoms with van der Waals surface area (Å²) in [7, 11) is 0. The van der Waals surface area contributed by atoms with Gasteiger partial charge >= 0.3 is 12.1 Å². The van der Waals surface area contributed by atoms with Gasteiger partial charge in [-0.15, -0.1) is 0 Å². The first-order valence-corrected chi connectivity index (χ1v) is 5.68. The summed E-state index contributed by atoms with van der Waals surface area (Å²) >= 11 is 0. The summed E-state index contributed by atoms with van der Waals surface area (Å²) in [5.41, 5.74) is 5.98. The monoisotopic (exact) mass is 307 g/mol. The Balaban J connectivity index is 2.06. The summed E-state index contributed by atoms with van der Waals surface area (Å²) < 4.78 is 67.7. The zero-order valence-corrected chi connectivity index (χ0v) is 10.4. The maximum absolute atomic E-state index is 12.9. The van der Waals surface area contributed by atoms with Gasteiger partial charge < -0.3 is 10.5 Å². The fourth-order valence-corrected chi connectivity index (χ4v) is 1.45. The lowest BCUT2D eigenvalue weighted by atomic mass is 10.3. The predicted molar refractivity (Wildman–Crippen MR) is 64.2 cm³/mol. The zero-order chi connectivity index (χ0) is 15.7. The van der Waals surface area contributed by atoms with Crippen LogP contribution in [-0.2, 0) is 6.54 Å². The number of hydrogen-bond acceptors (Lipinski definition) is 3. The van der Waals surface area contributed by atoms with Gasteiger partial charge in [0, 0.05) is 5.69 Å². The van der Waals surface area contributed by atoms with E-state index in [4.69, 9.17) is 10.5 Å². The molecule has 114 valence electrons. The number of halogens is 5. The number of rotatable bonds is 4. The third-order valence-electron chi connectivity index (χ3n) is 2.50. The molecule has 2 N–H and O–H groups in total. The summed E-state index contributed by atoms with van der Waals surface area (Å²) in [6.45, 7) is -1.61. The van der Waals surface area contributed by atoms with Crippen molar-refractivity contribution in [3.63, 3.8) is 0 Å². The van der Waals surface area contributed by atoms with Gasteiger partial charge in [0.1, 0.15) is 12.3 Å².